The van der Waals surface area contributed by atoms with Crippen LogP contribution in [0.1, 0.15) is 29.2 Å². The van der Waals surface area contributed by atoms with Crippen LogP contribution in [0.5, 0.6) is 11.5 Å². The van der Waals surface area contributed by atoms with E-state index >= 15 is 0 Å². The Morgan fingerprint density at radius 1 is 1.32 bits per heavy atom. The van der Waals surface area contributed by atoms with E-state index in [0.717, 1.165) is 16.7 Å². The van der Waals surface area contributed by atoms with Crippen LogP contribution in [0.2, 0.25) is 0 Å². The first-order valence-corrected chi connectivity index (χ1v) is 9.11. The Morgan fingerprint density at radius 3 is 2.68 bits per heavy atom. The number of benzene rings is 2. The molecule has 28 heavy (non-hydrogen) atoms. The summed E-state index contributed by atoms with van der Waals surface area (Å²) in [6.45, 7) is 3.87. The Hall–Kier alpha value is -3.20. The zero-order chi connectivity index (χ0) is 20.0. The summed E-state index contributed by atoms with van der Waals surface area (Å²) in [5, 5.41) is 17.7. The highest BCUT2D eigenvalue weighted by atomic mass is 32.1. The molecular formula is C19H18N4O4S. The van der Waals surface area contributed by atoms with Crippen molar-refractivity contribution in [3.8, 4) is 11.5 Å². The van der Waals surface area contributed by atoms with Gasteiger partial charge in [-0.25, -0.2) is 5.01 Å². The molecule has 0 saturated carbocycles. The van der Waals surface area contributed by atoms with Gasteiger partial charge in [0.1, 0.15) is 0 Å². The van der Waals surface area contributed by atoms with Gasteiger partial charge in [-0.1, -0.05) is 0 Å². The molecule has 2 aromatic rings. The van der Waals surface area contributed by atoms with E-state index < -0.39 is 4.92 Å². The third kappa shape index (κ3) is 3.03. The first kappa shape index (κ1) is 18.2. The molecule has 1 atom stereocenters. The van der Waals surface area contributed by atoms with Crippen LogP contribution in [0.15, 0.2) is 35.4 Å². The third-order valence-corrected chi connectivity index (χ3v) is 5.07. The Morgan fingerprint density at radius 2 is 2.04 bits per heavy atom. The van der Waals surface area contributed by atoms with E-state index in [1.807, 2.05) is 19.1 Å². The van der Waals surface area contributed by atoms with E-state index in [1.165, 1.54) is 6.07 Å². The Labute approximate surface area is 166 Å². The summed E-state index contributed by atoms with van der Waals surface area (Å²) in [5.41, 5.74) is 9.76. The number of nitrogens with zero attached hydrogens (tertiary/aromatic N) is 3. The molecule has 0 aliphatic carbocycles. The molecule has 0 aromatic heterocycles. The van der Waals surface area contributed by atoms with Crippen LogP contribution < -0.4 is 15.2 Å². The maximum absolute atomic E-state index is 11.2. The van der Waals surface area contributed by atoms with Gasteiger partial charge in [0, 0.05) is 22.8 Å². The van der Waals surface area contributed by atoms with Crippen LogP contribution >= 0.6 is 12.2 Å². The minimum Gasteiger partial charge on any atom is -0.454 e. The van der Waals surface area contributed by atoms with Crippen LogP contribution in [-0.4, -0.2) is 33.6 Å². The van der Waals surface area contributed by atoms with Crippen LogP contribution in [0, 0.1) is 17.0 Å². The molecule has 2 heterocycles. The molecule has 2 aliphatic rings. The summed E-state index contributed by atoms with van der Waals surface area (Å²) in [7, 11) is 0. The smallest absolute Gasteiger partial charge is 0.272 e. The van der Waals surface area contributed by atoms with Crippen molar-refractivity contribution in [3.63, 3.8) is 0 Å². The van der Waals surface area contributed by atoms with Gasteiger partial charge in [0.15, 0.2) is 16.6 Å². The second-order valence-electron chi connectivity index (χ2n) is 6.81. The maximum atomic E-state index is 11.2. The number of aryl methyl sites for hydroxylation is 1. The number of nitro benzene ring substituents is 1. The molecule has 0 bridgehead atoms. The fourth-order valence-corrected chi connectivity index (χ4v) is 3.75. The van der Waals surface area contributed by atoms with Gasteiger partial charge in [-0.05, 0) is 62.3 Å². The molecule has 4 rings (SSSR count). The number of ether oxygens (including phenoxy) is 2. The Kier molecular flexibility index (Phi) is 4.38. The predicted octanol–water partition coefficient (Wildman–Crippen LogP) is 2.87. The number of thiocarbonyl (C=S) groups is 1. The predicted molar refractivity (Wildman–Crippen MR) is 108 cm³/mol. The molecule has 2 aliphatic heterocycles. The molecule has 2 N–H and O–H groups in total. The van der Waals surface area contributed by atoms with Gasteiger partial charge in [-0.3, -0.25) is 10.1 Å². The first-order valence-electron chi connectivity index (χ1n) is 8.70. The standard InChI is InChI=1S/C19H18N4O4S/c1-10-5-12(3-4-15(10)23(24)25)18-14-8-17-16(26-9-27-17)7-13(14)6-11(2)22(21-18)19(20)28/h3-5,7-8,11H,6,9H2,1-2H3,(H2,20,28)/t11-/m1/s1. The molecule has 0 fully saturated rings. The molecule has 0 spiro atoms. The molecule has 8 nitrogen and oxygen atoms in total. The molecular weight excluding hydrogens is 380 g/mol. The van der Waals surface area contributed by atoms with Crippen molar-refractivity contribution >= 4 is 28.7 Å². The second-order valence-corrected chi connectivity index (χ2v) is 7.22. The van der Waals surface area contributed by atoms with E-state index in [-0.39, 0.29) is 23.6 Å². The summed E-state index contributed by atoms with van der Waals surface area (Å²) in [5.74, 6) is 1.33. The second kappa shape index (κ2) is 6.75. The minimum atomic E-state index is -0.399. The zero-order valence-electron chi connectivity index (χ0n) is 15.3. The van der Waals surface area contributed by atoms with Gasteiger partial charge in [0.05, 0.1) is 16.7 Å². The summed E-state index contributed by atoms with van der Waals surface area (Å²) in [4.78, 5) is 10.8. The topological polar surface area (TPSA) is 103 Å². The number of hydrogen-bond donors (Lipinski definition) is 1. The average Bonchev–Trinajstić information content (AvgIpc) is 3.02. The van der Waals surface area contributed by atoms with Crippen molar-refractivity contribution in [1.82, 2.24) is 5.01 Å². The monoisotopic (exact) mass is 398 g/mol. The quantitative estimate of drug-likeness (QED) is 0.471. The van der Waals surface area contributed by atoms with Crippen molar-refractivity contribution < 1.29 is 14.4 Å². The molecule has 0 radical (unpaired) electrons. The largest absolute Gasteiger partial charge is 0.454 e. The number of rotatable bonds is 2. The van der Waals surface area contributed by atoms with E-state index in [4.69, 9.17) is 32.5 Å². The normalized spacial score (nSPS) is 17.6. The number of nitro groups is 1. The van der Waals surface area contributed by atoms with Gasteiger partial charge in [-0.15, -0.1) is 0 Å². The molecule has 9 heteroatoms. The van der Waals surface area contributed by atoms with Crippen LogP contribution in [0.4, 0.5) is 5.69 Å². The van der Waals surface area contributed by atoms with Gasteiger partial charge in [0.25, 0.3) is 5.69 Å². The van der Waals surface area contributed by atoms with Gasteiger partial charge >= 0.3 is 0 Å². The highest BCUT2D eigenvalue weighted by molar-refractivity contribution is 7.80. The van der Waals surface area contributed by atoms with Crippen molar-refractivity contribution in [3.05, 3.63) is 62.7 Å². The van der Waals surface area contributed by atoms with Gasteiger partial charge in [0.2, 0.25) is 6.79 Å². The number of hydrogen-bond acceptors (Lipinski definition) is 6. The third-order valence-electron chi connectivity index (χ3n) is 4.89. The Balaban J connectivity index is 1.92. The molecule has 144 valence electrons. The number of fused-ring (bicyclic) bond motifs is 2. The van der Waals surface area contributed by atoms with Crippen molar-refractivity contribution in [2.75, 3.05) is 6.79 Å². The van der Waals surface area contributed by atoms with Crippen LogP contribution in [0.3, 0.4) is 0 Å². The molecule has 0 unspecified atom stereocenters. The first-order chi connectivity index (χ1) is 13.3. The maximum Gasteiger partial charge on any atom is 0.272 e. The van der Waals surface area contributed by atoms with E-state index in [2.05, 4.69) is 0 Å². The van der Waals surface area contributed by atoms with Gasteiger partial charge < -0.3 is 15.2 Å². The van der Waals surface area contributed by atoms with E-state index in [0.29, 0.717) is 29.2 Å². The molecule has 0 saturated heterocycles. The summed E-state index contributed by atoms with van der Waals surface area (Å²) < 4.78 is 11.1. The van der Waals surface area contributed by atoms with Crippen molar-refractivity contribution in [2.24, 2.45) is 10.8 Å². The number of nitrogens with two attached hydrogens (primary N) is 1. The highest BCUT2D eigenvalue weighted by Crippen LogP contribution is 2.38. The minimum absolute atomic E-state index is 0.0588. The summed E-state index contributed by atoms with van der Waals surface area (Å²) in [6.07, 6.45) is 0.655. The lowest BCUT2D eigenvalue weighted by Gasteiger charge is -2.23. The van der Waals surface area contributed by atoms with Crippen molar-refractivity contribution in [1.29, 1.82) is 0 Å². The fraction of sp³-hybridized carbons (Fsp3) is 0.263. The van der Waals surface area contributed by atoms with Crippen LogP contribution in [0.25, 0.3) is 0 Å². The van der Waals surface area contributed by atoms with Crippen LogP contribution in [-0.2, 0) is 6.42 Å². The molecule has 2 aromatic carbocycles. The SMILES string of the molecule is Cc1cc(C2=NN(C(N)=S)[C@H](C)Cc3cc4c(cc32)OCO4)ccc1[N+](=O)[O-]. The summed E-state index contributed by atoms with van der Waals surface area (Å²) in [6, 6.07) is 8.70. The molecule has 0 amide bonds. The fourth-order valence-electron chi connectivity index (χ4n) is 3.53. The van der Waals surface area contributed by atoms with Crippen molar-refractivity contribution in [2.45, 2.75) is 26.3 Å². The lowest BCUT2D eigenvalue weighted by Crippen LogP contribution is -2.38. The lowest BCUT2D eigenvalue weighted by molar-refractivity contribution is -0.385. The Bertz CT molecular complexity index is 1040. The van der Waals surface area contributed by atoms with Gasteiger partial charge in [-0.2, -0.15) is 5.10 Å². The number of hydrazone groups is 1. The lowest BCUT2D eigenvalue weighted by atomic mass is 9.93. The van der Waals surface area contributed by atoms with E-state index in [9.17, 15) is 10.1 Å². The summed E-state index contributed by atoms with van der Waals surface area (Å²) >= 11 is 5.19. The average molecular weight is 398 g/mol. The highest BCUT2D eigenvalue weighted by Gasteiger charge is 2.28. The van der Waals surface area contributed by atoms with E-state index in [1.54, 1.807) is 24.1 Å². The zero-order valence-corrected chi connectivity index (χ0v) is 16.2.